The molecule has 1 fully saturated rings. The van der Waals surface area contributed by atoms with Gasteiger partial charge in [-0.1, -0.05) is 12.1 Å². The molecule has 0 radical (unpaired) electrons. The first-order valence-corrected chi connectivity index (χ1v) is 6.96. The van der Waals surface area contributed by atoms with Gasteiger partial charge in [0.25, 0.3) is 0 Å². The van der Waals surface area contributed by atoms with Crippen LogP contribution in [0.2, 0.25) is 0 Å². The molecule has 0 aromatic heterocycles. The van der Waals surface area contributed by atoms with Gasteiger partial charge in [-0.05, 0) is 52.2 Å². The van der Waals surface area contributed by atoms with Gasteiger partial charge in [0.1, 0.15) is 12.4 Å². The topological polar surface area (TPSA) is 38.7 Å². The van der Waals surface area contributed by atoms with Crippen LogP contribution in [0.5, 0.6) is 5.75 Å². The molecule has 19 heavy (non-hydrogen) atoms. The van der Waals surface area contributed by atoms with E-state index < -0.39 is 6.10 Å². The van der Waals surface area contributed by atoms with E-state index in [1.807, 2.05) is 25.1 Å². The van der Waals surface area contributed by atoms with Crippen LogP contribution in [0.4, 0.5) is 0 Å². The van der Waals surface area contributed by atoms with Crippen LogP contribution in [0, 0.1) is 6.92 Å². The number of aryl methyl sites for hydroxylation is 1. The minimum absolute atomic E-state index is 0.0340. The normalized spacial score (nSPS) is 23.3. The Morgan fingerprint density at radius 2 is 2.21 bits per heavy atom. The van der Waals surface area contributed by atoms with E-state index in [-0.39, 0.29) is 11.7 Å². The van der Waals surface area contributed by atoms with Crippen molar-refractivity contribution in [3.63, 3.8) is 0 Å². The van der Waals surface area contributed by atoms with E-state index in [1.165, 1.54) is 0 Å². The number of rotatable bonds is 4. The van der Waals surface area contributed by atoms with Gasteiger partial charge in [-0.2, -0.15) is 0 Å². The highest BCUT2D eigenvalue weighted by Crippen LogP contribution is 2.31. The number of hydrogen-bond donors (Lipinski definition) is 1. The van der Waals surface area contributed by atoms with Crippen molar-refractivity contribution >= 4 is 0 Å². The molecule has 1 aromatic rings. The predicted molar refractivity (Wildman–Crippen MR) is 75.5 cm³/mol. The van der Waals surface area contributed by atoms with Gasteiger partial charge in [-0.25, -0.2) is 0 Å². The lowest BCUT2D eigenvalue weighted by atomic mass is 10.1. The van der Waals surface area contributed by atoms with Crippen LogP contribution in [0.3, 0.4) is 0 Å². The monoisotopic (exact) mass is 264 g/mol. The zero-order valence-electron chi connectivity index (χ0n) is 12.3. The lowest BCUT2D eigenvalue weighted by molar-refractivity contribution is -0.0330. The second-order valence-electron chi connectivity index (χ2n) is 6.07. The highest BCUT2D eigenvalue weighted by Gasteiger charge is 2.32. The molecule has 3 nitrogen and oxygen atoms in total. The molecule has 3 heteroatoms. The third kappa shape index (κ3) is 3.71. The van der Waals surface area contributed by atoms with Gasteiger partial charge in [0.15, 0.2) is 0 Å². The van der Waals surface area contributed by atoms with E-state index in [1.54, 1.807) is 6.92 Å². The maximum Gasteiger partial charge on any atom is 0.125 e. The minimum atomic E-state index is -0.517. The SMILES string of the molecule is Cc1ccc(C(C)O)c(OCC2CCC(C)(C)O2)c1. The zero-order valence-corrected chi connectivity index (χ0v) is 12.3. The first-order valence-electron chi connectivity index (χ1n) is 6.96. The summed E-state index contributed by atoms with van der Waals surface area (Å²) in [7, 11) is 0. The molecule has 0 bridgehead atoms. The van der Waals surface area contributed by atoms with Crippen molar-refractivity contribution in [3.8, 4) is 5.75 Å². The highest BCUT2D eigenvalue weighted by molar-refractivity contribution is 5.38. The molecule has 1 N–H and O–H groups in total. The van der Waals surface area contributed by atoms with Crippen molar-refractivity contribution in [2.24, 2.45) is 0 Å². The molecule has 0 saturated carbocycles. The van der Waals surface area contributed by atoms with Gasteiger partial charge in [0.2, 0.25) is 0 Å². The first-order chi connectivity index (χ1) is 8.87. The number of benzene rings is 1. The van der Waals surface area contributed by atoms with Gasteiger partial charge < -0.3 is 14.6 Å². The summed E-state index contributed by atoms with van der Waals surface area (Å²) >= 11 is 0. The Labute approximate surface area is 115 Å². The summed E-state index contributed by atoms with van der Waals surface area (Å²) in [6.45, 7) is 8.55. The van der Waals surface area contributed by atoms with E-state index in [4.69, 9.17) is 9.47 Å². The Balaban J connectivity index is 2.01. The Morgan fingerprint density at radius 1 is 1.47 bits per heavy atom. The lowest BCUT2D eigenvalue weighted by Crippen LogP contribution is -2.24. The Morgan fingerprint density at radius 3 is 2.79 bits per heavy atom. The van der Waals surface area contributed by atoms with Crippen LogP contribution >= 0.6 is 0 Å². The average molecular weight is 264 g/mol. The summed E-state index contributed by atoms with van der Waals surface area (Å²) in [4.78, 5) is 0. The molecule has 1 aliphatic rings. The number of aliphatic hydroxyl groups excluding tert-OH is 1. The summed E-state index contributed by atoms with van der Waals surface area (Å²) in [5, 5.41) is 9.76. The van der Waals surface area contributed by atoms with Gasteiger partial charge in [-0.15, -0.1) is 0 Å². The van der Waals surface area contributed by atoms with E-state index in [0.717, 1.165) is 29.7 Å². The van der Waals surface area contributed by atoms with Crippen LogP contribution < -0.4 is 4.74 Å². The standard InChI is InChI=1S/C16H24O3/c1-11-5-6-14(12(2)17)15(9-11)18-10-13-7-8-16(3,4)19-13/h5-6,9,12-13,17H,7-8,10H2,1-4H3. The summed E-state index contributed by atoms with van der Waals surface area (Å²) in [6, 6.07) is 5.89. The summed E-state index contributed by atoms with van der Waals surface area (Å²) in [5.41, 5.74) is 1.93. The Bertz CT molecular complexity index is 438. The van der Waals surface area contributed by atoms with E-state index >= 15 is 0 Å². The molecular formula is C16H24O3. The summed E-state index contributed by atoms with van der Waals surface area (Å²) < 4.78 is 11.8. The van der Waals surface area contributed by atoms with Crippen molar-refractivity contribution in [3.05, 3.63) is 29.3 Å². The molecule has 1 aromatic carbocycles. The molecule has 2 atom stereocenters. The Hall–Kier alpha value is -1.06. The van der Waals surface area contributed by atoms with Crippen molar-refractivity contribution < 1.29 is 14.6 Å². The zero-order chi connectivity index (χ0) is 14.0. The molecule has 0 amide bonds. The second-order valence-corrected chi connectivity index (χ2v) is 6.07. The second kappa shape index (κ2) is 5.51. The molecule has 1 heterocycles. The maximum absolute atomic E-state index is 9.76. The van der Waals surface area contributed by atoms with Gasteiger partial charge >= 0.3 is 0 Å². The van der Waals surface area contributed by atoms with Crippen molar-refractivity contribution in [2.75, 3.05) is 6.61 Å². The first kappa shape index (κ1) is 14.4. The third-order valence-electron chi connectivity index (χ3n) is 3.60. The van der Waals surface area contributed by atoms with Crippen LogP contribution in [0.25, 0.3) is 0 Å². The quantitative estimate of drug-likeness (QED) is 0.906. The number of aliphatic hydroxyl groups is 1. The fourth-order valence-electron chi connectivity index (χ4n) is 2.49. The fraction of sp³-hybridized carbons (Fsp3) is 0.625. The molecule has 2 rings (SSSR count). The average Bonchev–Trinajstić information content (AvgIpc) is 2.66. The van der Waals surface area contributed by atoms with Crippen LogP contribution in [0.1, 0.15) is 50.8 Å². The summed E-state index contributed by atoms with van der Waals surface area (Å²) in [5.74, 6) is 0.767. The number of hydrogen-bond acceptors (Lipinski definition) is 3. The Kier molecular flexibility index (Phi) is 4.16. The van der Waals surface area contributed by atoms with Gasteiger partial charge in [0, 0.05) is 5.56 Å². The third-order valence-corrected chi connectivity index (χ3v) is 3.60. The molecular weight excluding hydrogens is 240 g/mol. The smallest absolute Gasteiger partial charge is 0.125 e. The number of ether oxygens (including phenoxy) is 2. The predicted octanol–water partition coefficient (Wildman–Crippen LogP) is 3.38. The molecule has 106 valence electrons. The largest absolute Gasteiger partial charge is 0.490 e. The molecule has 0 spiro atoms. The van der Waals surface area contributed by atoms with E-state index in [2.05, 4.69) is 13.8 Å². The lowest BCUT2D eigenvalue weighted by Gasteiger charge is -2.20. The van der Waals surface area contributed by atoms with Crippen LogP contribution in [-0.4, -0.2) is 23.4 Å². The van der Waals surface area contributed by atoms with Crippen LogP contribution in [-0.2, 0) is 4.74 Å². The van der Waals surface area contributed by atoms with E-state index in [0.29, 0.717) is 6.61 Å². The van der Waals surface area contributed by atoms with Crippen molar-refractivity contribution in [1.29, 1.82) is 0 Å². The van der Waals surface area contributed by atoms with Crippen LogP contribution in [0.15, 0.2) is 18.2 Å². The highest BCUT2D eigenvalue weighted by atomic mass is 16.6. The molecule has 1 aliphatic heterocycles. The van der Waals surface area contributed by atoms with Crippen molar-refractivity contribution in [2.45, 2.75) is 58.3 Å². The van der Waals surface area contributed by atoms with E-state index in [9.17, 15) is 5.11 Å². The van der Waals surface area contributed by atoms with Gasteiger partial charge in [0.05, 0.1) is 17.8 Å². The fourth-order valence-corrected chi connectivity index (χ4v) is 2.49. The maximum atomic E-state index is 9.76. The molecule has 0 aliphatic carbocycles. The minimum Gasteiger partial charge on any atom is -0.490 e. The summed E-state index contributed by atoms with van der Waals surface area (Å²) in [6.07, 6.45) is 1.73. The molecule has 2 unspecified atom stereocenters. The van der Waals surface area contributed by atoms with Crippen molar-refractivity contribution in [1.82, 2.24) is 0 Å². The molecule has 1 saturated heterocycles. The van der Waals surface area contributed by atoms with Gasteiger partial charge in [-0.3, -0.25) is 0 Å².